The molecule has 0 saturated heterocycles. The lowest BCUT2D eigenvalue weighted by molar-refractivity contribution is -0.389. The first kappa shape index (κ1) is 14.7. The highest BCUT2D eigenvalue weighted by Crippen LogP contribution is 2.13. The number of nitrogens with one attached hydrogen (secondary N) is 1. The molecule has 1 amide bonds. The van der Waals surface area contributed by atoms with Crippen molar-refractivity contribution >= 4 is 11.7 Å². The molecule has 0 bridgehead atoms. The molecule has 0 spiro atoms. The second-order valence-corrected chi connectivity index (χ2v) is 4.52. The highest BCUT2D eigenvalue weighted by Gasteiger charge is 2.21. The first-order valence-electron chi connectivity index (χ1n) is 6.48. The van der Waals surface area contributed by atoms with Gasteiger partial charge in [0.05, 0.1) is 0 Å². The molecular weight excluding hydrogens is 272 g/mol. The lowest BCUT2D eigenvalue weighted by Crippen LogP contribution is -2.35. The first-order valence-corrected chi connectivity index (χ1v) is 6.48. The smallest absolute Gasteiger partial charge is 0.321 e. The van der Waals surface area contributed by atoms with E-state index in [0.29, 0.717) is 19.6 Å². The predicted molar refractivity (Wildman–Crippen MR) is 77.7 cm³/mol. The van der Waals surface area contributed by atoms with E-state index >= 15 is 0 Å². The van der Waals surface area contributed by atoms with Crippen molar-refractivity contribution in [3.8, 4) is 0 Å². The summed E-state index contributed by atoms with van der Waals surface area (Å²) in [6.45, 7) is 1.10. The molecule has 2 aromatic rings. The Balaban J connectivity index is 2.16. The molecule has 0 fully saturated rings. The predicted octanol–water partition coefficient (Wildman–Crippen LogP) is 1.52. The second kappa shape index (κ2) is 6.67. The van der Waals surface area contributed by atoms with E-state index in [-0.39, 0.29) is 17.4 Å². The maximum atomic E-state index is 12.4. The second-order valence-electron chi connectivity index (χ2n) is 4.52. The summed E-state index contributed by atoms with van der Waals surface area (Å²) in [5.74, 6) is -0.511. The van der Waals surface area contributed by atoms with Crippen molar-refractivity contribution in [3.05, 3.63) is 63.8 Å². The maximum absolute atomic E-state index is 12.4. The Kier molecular flexibility index (Phi) is 4.68. The van der Waals surface area contributed by atoms with Gasteiger partial charge in [-0.15, -0.1) is 0 Å². The summed E-state index contributed by atoms with van der Waals surface area (Å²) in [6, 6.07) is 12.2. The van der Waals surface area contributed by atoms with Crippen LogP contribution < -0.4 is 5.73 Å². The van der Waals surface area contributed by atoms with E-state index in [4.69, 9.17) is 5.73 Å². The zero-order chi connectivity index (χ0) is 15.2. The van der Waals surface area contributed by atoms with Crippen LogP contribution in [0.2, 0.25) is 0 Å². The van der Waals surface area contributed by atoms with Crippen LogP contribution in [-0.4, -0.2) is 33.8 Å². The van der Waals surface area contributed by atoms with Gasteiger partial charge >= 0.3 is 5.82 Å². The maximum Gasteiger partial charge on any atom is 0.321 e. The van der Waals surface area contributed by atoms with Gasteiger partial charge in [-0.3, -0.25) is 4.79 Å². The van der Waals surface area contributed by atoms with Crippen LogP contribution in [0.5, 0.6) is 0 Å². The average molecular weight is 288 g/mol. The number of aromatic nitrogens is 1. The van der Waals surface area contributed by atoms with E-state index in [2.05, 4.69) is 4.98 Å². The van der Waals surface area contributed by atoms with E-state index in [9.17, 15) is 14.9 Å². The Morgan fingerprint density at radius 2 is 1.95 bits per heavy atom. The lowest BCUT2D eigenvalue weighted by Gasteiger charge is -2.20. The van der Waals surface area contributed by atoms with Gasteiger partial charge < -0.3 is 20.7 Å². The zero-order valence-corrected chi connectivity index (χ0v) is 11.4. The van der Waals surface area contributed by atoms with Gasteiger partial charge in [-0.2, -0.15) is 0 Å². The highest BCUT2D eigenvalue weighted by molar-refractivity contribution is 5.92. The molecule has 21 heavy (non-hydrogen) atoms. The minimum atomic E-state index is -0.568. The van der Waals surface area contributed by atoms with Crippen molar-refractivity contribution in [3.63, 3.8) is 0 Å². The summed E-state index contributed by atoms with van der Waals surface area (Å²) in [6.07, 6.45) is 0. The summed E-state index contributed by atoms with van der Waals surface area (Å²) < 4.78 is 0. The number of hydrogen-bond acceptors (Lipinski definition) is 4. The summed E-state index contributed by atoms with van der Waals surface area (Å²) in [7, 11) is 0. The molecule has 7 heteroatoms. The molecule has 110 valence electrons. The van der Waals surface area contributed by atoms with Crippen LogP contribution in [0, 0.1) is 10.1 Å². The topological polar surface area (TPSA) is 105 Å². The van der Waals surface area contributed by atoms with Crippen molar-refractivity contribution < 1.29 is 9.72 Å². The molecule has 1 aromatic carbocycles. The average Bonchev–Trinajstić information content (AvgIpc) is 2.97. The number of aromatic amines is 1. The van der Waals surface area contributed by atoms with E-state index in [1.54, 1.807) is 4.90 Å². The van der Waals surface area contributed by atoms with Gasteiger partial charge in [0.15, 0.2) is 5.69 Å². The van der Waals surface area contributed by atoms with E-state index in [1.807, 2.05) is 30.3 Å². The normalized spacial score (nSPS) is 10.3. The molecule has 0 aliphatic heterocycles. The molecule has 7 nitrogen and oxygen atoms in total. The number of nitrogens with two attached hydrogens (primary N) is 1. The number of H-pyrrole nitrogens is 1. The lowest BCUT2D eigenvalue weighted by atomic mass is 10.2. The van der Waals surface area contributed by atoms with E-state index in [1.165, 1.54) is 12.1 Å². The molecule has 2 rings (SSSR count). The third-order valence-corrected chi connectivity index (χ3v) is 3.00. The van der Waals surface area contributed by atoms with Crippen LogP contribution in [-0.2, 0) is 6.54 Å². The van der Waals surface area contributed by atoms with Gasteiger partial charge in [0.2, 0.25) is 0 Å². The Labute approximate surface area is 121 Å². The number of nitrogens with zero attached hydrogens (tertiary/aromatic N) is 2. The number of benzene rings is 1. The minimum absolute atomic E-state index is 0.186. The van der Waals surface area contributed by atoms with Crippen molar-refractivity contribution in [1.82, 2.24) is 9.88 Å². The summed E-state index contributed by atoms with van der Waals surface area (Å²) in [5.41, 5.74) is 6.70. The number of amides is 1. The molecule has 0 aliphatic rings. The molecule has 0 saturated carbocycles. The van der Waals surface area contributed by atoms with Crippen molar-refractivity contribution in [2.24, 2.45) is 5.73 Å². The van der Waals surface area contributed by atoms with Gasteiger partial charge in [0.1, 0.15) is 0 Å². The number of carbonyl (C=O) groups is 1. The molecule has 0 aliphatic carbocycles. The van der Waals surface area contributed by atoms with Crippen molar-refractivity contribution in [2.75, 3.05) is 13.1 Å². The zero-order valence-electron chi connectivity index (χ0n) is 11.4. The Morgan fingerprint density at radius 3 is 2.52 bits per heavy atom. The van der Waals surface area contributed by atoms with Crippen molar-refractivity contribution in [1.29, 1.82) is 0 Å². The van der Waals surface area contributed by atoms with Crippen molar-refractivity contribution in [2.45, 2.75) is 6.54 Å². The molecular formula is C14H16N4O3. The summed E-state index contributed by atoms with van der Waals surface area (Å²) >= 11 is 0. The largest absolute Gasteiger partial charge is 0.358 e. The van der Waals surface area contributed by atoms with E-state index < -0.39 is 4.92 Å². The fourth-order valence-electron chi connectivity index (χ4n) is 2.00. The standard InChI is InChI=1S/C14H16N4O3/c15-8-9-17(10-11-4-2-1-3-5-11)14(19)12-6-7-13(16-12)18(20)21/h1-7,16H,8-10,15H2. The fraction of sp³-hybridized carbons (Fsp3) is 0.214. The van der Waals surface area contributed by atoms with Crippen LogP contribution in [0.1, 0.15) is 16.1 Å². The highest BCUT2D eigenvalue weighted by atomic mass is 16.6. The molecule has 0 atom stereocenters. The Morgan fingerprint density at radius 1 is 1.24 bits per heavy atom. The SMILES string of the molecule is NCCN(Cc1ccccc1)C(=O)c1ccc([N+](=O)[O-])[nH]1. The van der Waals surface area contributed by atoms with Crippen LogP contribution >= 0.6 is 0 Å². The van der Waals surface area contributed by atoms with Crippen LogP contribution in [0.25, 0.3) is 0 Å². The quantitative estimate of drug-likeness (QED) is 0.621. The monoisotopic (exact) mass is 288 g/mol. The number of nitro groups is 1. The number of hydrogen-bond donors (Lipinski definition) is 2. The van der Waals surface area contributed by atoms with Crippen LogP contribution in [0.3, 0.4) is 0 Å². The van der Waals surface area contributed by atoms with Crippen LogP contribution in [0.4, 0.5) is 5.82 Å². The molecule has 1 aromatic heterocycles. The summed E-state index contributed by atoms with van der Waals surface area (Å²) in [5, 5.41) is 10.7. The number of carbonyl (C=O) groups excluding carboxylic acids is 1. The van der Waals surface area contributed by atoms with E-state index in [0.717, 1.165) is 5.56 Å². The van der Waals surface area contributed by atoms with Gasteiger partial charge in [-0.1, -0.05) is 30.3 Å². The minimum Gasteiger partial charge on any atom is -0.358 e. The fourth-order valence-corrected chi connectivity index (χ4v) is 2.00. The third kappa shape index (κ3) is 3.67. The van der Waals surface area contributed by atoms with Gasteiger partial charge in [0, 0.05) is 25.7 Å². The van der Waals surface area contributed by atoms with Gasteiger partial charge in [-0.05, 0) is 16.6 Å². The van der Waals surface area contributed by atoms with Gasteiger partial charge in [-0.25, -0.2) is 4.98 Å². The Bertz CT molecular complexity index is 624. The molecule has 0 radical (unpaired) electrons. The third-order valence-electron chi connectivity index (χ3n) is 3.00. The summed E-state index contributed by atoms with van der Waals surface area (Å²) in [4.78, 5) is 26.5. The molecule has 3 N–H and O–H groups in total. The molecule has 1 heterocycles. The molecule has 0 unspecified atom stereocenters. The number of rotatable bonds is 6. The first-order chi connectivity index (χ1) is 10.1. The van der Waals surface area contributed by atoms with Crippen LogP contribution in [0.15, 0.2) is 42.5 Å². The van der Waals surface area contributed by atoms with Gasteiger partial charge in [0.25, 0.3) is 5.91 Å². The Hall–Kier alpha value is -2.67.